The highest BCUT2D eigenvalue weighted by molar-refractivity contribution is 5.24. The molecule has 1 heteroatoms. The van der Waals surface area contributed by atoms with Crippen LogP contribution < -0.4 is 5.32 Å². The van der Waals surface area contributed by atoms with E-state index in [1.807, 2.05) is 19.9 Å². The van der Waals surface area contributed by atoms with Crippen molar-refractivity contribution in [3.63, 3.8) is 0 Å². The second kappa shape index (κ2) is 7.66. The molecule has 1 aliphatic heterocycles. The van der Waals surface area contributed by atoms with Gasteiger partial charge in [0.2, 0.25) is 0 Å². The van der Waals surface area contributed by atoms with Crippen molar-refractivity contribution in [2.24, 2.45) is 5.92 Å². The summed E-state index contributed by atoms with van der Waals surface area (Å²) in [5.74, 6) is 0.759. The molecule has 0 saturated carbocycles. The first-order valence-corrected chi connectivity index (χ1v) is 5.82. The van der Waals surface area contributed by atoms with Gasteiger partial charge in [-0.15, -0.1) is 0 Å². The number of allylic oxidation sites excluding steroid dienone is 2. The molecule has 0 aromatic carbocycles. The average Bonchev–Trinajstić information content (AvgIpc) is 2.21. The molecule has 1 aliphatic rings. The van der Waals surface area contributed by atoms with Gasteiger partial charge >= 0.3 is 0 Å². The molecule has 0 unspecified atom stereocenters. The quantitative estimate of drug-likeness (QED) is 0.720. The second-order valence-corrected chi connectivity index (χ2v) is 3.85. The van der Waals surface area contributed by atoms with Crippen molar-refractivity contribution in [1.82, 2.24) is 5.32 Å². The molecular weight excluding hydrogens is 170 g/mol. The van der Waals surface area contributed by atoms with Crippen LogP contribution in [0.3, 0.4) is 0 Å². The summed E-state index contributed by atoms with van der Waals surface area (Å²) in [6.07, 6.45) is 5.71. The third-order valence-corrected chi connectivity index (χ3v) is 2.21. The van der Waals surface area contributed by atoms with E-state index in [1.54, 1.807) is 5.57 Å². The van der Waals surface area contributed by atoms with Crippen LogP contribution in [0.15, 0.2) is 23.9 Å². The van der Waals surface area contributed by atoms with Crippen molar-refractivity contribution in [3.05, 3.63) is 23.9 Å². The highest BCUT2D eigenvalue weighted by atomic mass is 14.9. The normalized spacial score (nSPS) is 15.8. The summed E-state index contributed by atoms with van der Waals surface area (Å²) >= 11 is 0. The molecule has 0 amide bonds. The molecule has 0 spiro atoms. The first kappa shape index (κ1) is 13.3. The monoisotopic (exact) mass is 195 g/mol. The minimum absolute atomic E-state index is 0.759. The van der Waals surface area contributed by atoms with Crippen molar-refractivity contribution in [3.8, 4) is 0 Å². The fourth-order valence-corrected chi connectivity index (χ4v) is 1.71. The summed E-state index contributed by atoms with van der Waals surface area (Å²) in [6, 6.07) is 0. The molecule has 0 aromatic rings. The summed E-state index contributed by atoms with van der Waals surface area (Å²) in [6.45, 7) is 13.5. The van der Waals surface area contributed by atoms with Gasteiger partial charge < -0.3 is 5.32 Å². The number of hydrogen-bond acceptors (Lipinski definition) is 1. The van der Waals surface area contributed by atoms with Crippen LogP contribution in [0.4, 0.5) is 0 Å². The number of nitrogens with one attached hydrogen (secondary N) is 1. The molecule has 0 saturated heterocycles. The van der Waals surface area contributed by atoms with Crippen LogP contribution in [0.5, 0.6) is 0 Å². The Labute approximate surface area is 89.3 Å². The first-order valence-electron chi connectivity index (χ1n) is 5.82. The molecule has 1 rings (SSSR count). The number of hydrogen-bond donors (Lipinski definition) is 1. The van der Waals surface area contributed by atoms with Crippen LogP contribution in [0, 0.1) is 5.92 Å². The molecule has 0 fully saturated rings. The van der Waals surface area contributed by atoms with E-state index in [2.05, 4.69) is 25.7 Å². The van der Waals surface area contributed by atoms with Crippen molar-refractivity contribution >= 4 is 0 Å². The van der Waals surface area contributed by atoms with E-state index in [1.165, 1.54) is 25.0 Å². The fraction of sp³-hybridized carbons (Fsp3) is 0.692. The molecule has 0 atom stereocenters. The number of rotatable bonds is 3. The Hall–Kier alpha value is -0.720. The van der Waals surface area contributed by atoms with Gasteiger partial charge in [0.25, 0.3) is 0 Å². The van der Waals surface area contributed by atoms with Crippen LogP contribution >= 0.6 is 0 Å². The van der Waals surface area contributed by atoms with Crippen molar-refractivity contribution in [1.29, 1.82) is 0 Å². The molecule has 0 aromatic heterocycles. The van der Waals surface area contributed by atoms with Gasteiger partial charge in [-0.25, -0.2) is 0 Å². The lowest BCUT2D eigenvalue weighted by molar-refractivity contribution is 0.577. The maximum atomic E-state index is 3.82. The Morgan fingerprint density at radius 2 is 2.07 bits per heavy atom. The maximum absolute atomic E-state index is 3.82. The smallest absolute Gasteiger partial charge is 0.0326 e. The molecular formula is C13H25N. The lowest BCUT2D eigenvalue weighted by Crippen LogP contribution is -2.20. The minimum atomic E-state index is 0.759. The highest BCUT2D eigenvalue weighted by Crippen LogP contribution is 2.22. The van der Waals surface area contributed by atoms with Gasteiger partial charge in [-0.05, 0) is 36.8 Å². The topological polar surface area (TPSA) is 12.0 Å². The second-order valence-electron chi connectivity index (χ2n) is 3.85. The summed E-state index contributed by atoms with van der Waals surface area (Å²) in [5.41, 5.74) is 2.85. The van der Waals surface area contributed by atoms with Gasteiger partial charge in [0.15, 0.2) is 0 Å². The Bertz CT molecular complexity index is 189. The molecule has 0 bridgehead atoms. The summed E-state index contributed by atoms with van der Waals surface area (Å²) in [5, 5.41) is 3.39. The van der Waals surface area contributed by atoms with Gasteiger partial charge in [-0.2, -0.15) is 0 Å². The average molecular weight is 195 g/mol. The Morgan fingerprint density at radius 1 is 1.43 bits per heavy atom. The van der Waals surface area contributed by atoms with E-state index in [0.29, 0.717) is 0 Å². The van der Waals surface area contributed by atoms with Gasteiger partial charge in [-0.1, -0.05) is 34.3 Å². The van der Waals surface area contributed by atoms with E-state index in [-0.39, 0.29) is 0 Å². The van der Waals surface area contributed by atoms with Gasteiger partial charge in [0, 0.05) is 12.2 Å². The molecule has 1 nitrogen and oxygen atoms in total. The first-order chi connectivity index (χ1) is 6.74. The minimum Gasteiger partial charge on any atom is -0.385 e. The summed E-state index contributed by atoms with van der Waals surface area (Å²) in [4.78, 5) is 0. The maximum Gasteiger partial charge on any atom is 0.0326 e. The zero-order chi connectivity index (χ0) is 11.0. The van der Waals surface area contributed by atoms with E-state index in [0.717, 1.165) is 12.5 Å². The molecule has 0 radical (unpaired) electrons. The van der Waals surface area contributed by atoms with Crippen LogP contribution in [0.1, 0.15) is 47.0 Å². The standard InChI is InChI=1S/C11H19N.C2H6/c1-4-11-10(8-9(2)3)6-5-7-12-11;1-2/h4,9,12H,1,5-8H2,2-3H3;1-2H3. The van der Waals surface area contributed by atoms with Gasteiger partial charge in [-0.3, -0.25) is 0 Å². The lowest BCUT2D eigenvalue weighted by Gasteiger charge is -2.21. The zero-order valence-electron chi connectivity index (χ0n) is 10.2. The Morgan fingerprint density at radius 3 is 2.57 bits per heavy atom. The van der Waals surface area contributed by atoms with Gasteiger partial charge in [0.05, 0.1) is 0 Å². The highest BCUT2D eigenvalue weighted by Gasteiger charge is 2.10. The SMILES string of the molecule is C=CC1=C(CC(C)C)CCCN1.CC. The van der Waals surface area contributed by atoms with Crippen molar-refractivity contribution in [2.75, 3.05) is 6.54 Å². The molecule has 0 aliphatic carbocycles. The van der Waals surface area contributed by atoms with Crippen molar-refractivity contribution < 1.29 is 0 Å². The van der Waals surface area contributed by atoms with Crippen LogP contribution in [0.25, 0.3) is 0 Å². The predicted octanol–water partition coefficient (Wildman–Crippen LogP) is 3.88. The molecule has 14 heavy (non-hydrogen) atoms. The summed E-state index contributed by atoms with van der Waals surface area (Å²) in [7, 11) is 0. The van der Waals surface area contributed by atoms with Crippen LogP contribution in [-0.4, -0.2) is 6.54 Å². The predicted molar refractivity (Wildman–Crippen MR) is 65.3 cm³/mol. The Kier molecular flexibility index (Phi) is 7.27. The molecule has 82 valence electrons. The van der Waals surface area contributed by atoms with E-state index < -0.39 is 0 Å². The van der Waals surface area contributed by atoms with E-state index in [4.69, 9.17) is 0 Å². The van der Waals surface area contributed by atoms with Gasteiger partial charge in [0.1, 0.15) is 0 Å². The molecule has 1 N–H and O–H groups in total. The summed E-state index contributed by atoms with van der Waals surface area (Å²) < 4.78 is 0. The molecule has 1 heterocycles. The largest absolute Gasteiger partial charge is 0.385 e. The Balaban J connectivity index is 0.000000791. The fourth-order valence-electron chi connectivity index (χ4n) is 1.71. The van der Waals surface area contributed by atoms with E-state index >= 15 is 0 Å². The van der Waals surface area contributed by atoms with E-state index in [9.17, 15) is 0 Å². The lowest BCUT2D eigenvalue weighted by atomic mass is 9.95. The van der Waals surface area contributed by atoms with Crippen molar-refractivity contribution in [2.45, 2.75) is 47.0 Å². The van der Waals surface area contributed by atoms with Crippen LogP contribution in [-0.2, 0) is 0 Å². The third kappa shape index (κ3) is 4.50. The third-order valence-electron chi connectivity index (χ3n) is 2.21. The zero-order valence-corrected chi connectivity index (χ0v) is 10.2. The van der Waals surface area contributed by atoms with Crippen LogP contribution in [0.2, 0.25) is 0 Å².